The van der Waals surface area contributed by atoms with Crippen LogP contribution in [-0.4, -0.2) is 25.1 Å². The summed E-state index contributed by atoms with van der Waals surface area (Å²) in [6.07, 6.45) is 5.30. The van der Waals surface area contributed by atoms with E-state index >= 15 is 0 Å². The highest BCUT2D eigenvalue weighted by Crippen LogP contribution is 2.29. The summed E-state index contributed by atoms with van der Waals surface area (Å²) in [5.74, 6) is 2.76. The van der Waals surface area contributed by atoms with Crippen molar-refractivity contribution >= 4 is 29.9 Å². The first-order valence-electron chi connectivity index (χ1n) is 7.22. The fourth-order valence-corrected chi connectivity index (χ4v) is 2.60. The van der Waals surface area contributed by atoms with Crippen LogP contribution in [0.4, 0.5) is 0 Å². The number of hydrogen-bond donors (Lipinski definition) is 2. The third-order valence-electron chi connectivity index (χ3n) is 3.72. The number of rotatable bonds is 4. The molecule has 108 valence electrons. The second-order valence-corrected chi connectivity index (χ2v) is 5.35. The molecule has 0 aromatic heterocycles. The minimum Gasteiger partial charge on any atom is -0.357 e. The highest BCUT2D eigenvalue weighted by molar-refractivity contribution is 14.0. The van der Waals surface area contributed by atoms with Crippen molar-refractivity contribution in [3.8, 4) is 0 Å². The Morgan fingerprint density at radius 1 is 1.17 bits per heavy atom. The lowest BCUT2D eigenvalue weighted by Gasteiger charge is -2.32. The van der Waals surface area contributed by atoms with Crippen molar-refractivity contribution in [1.82, 2.24) is 10.6 Å². The van der Waals surface area contributed by atoms with Gasteiger partial charge in [-0.15, -0.1) is 24.0 Å². The lowest BCUT2D eigenvalue weighted by atomic mass is 9.80. The predicted octanol–water partition coefficient (Wildman–Crippen LogP) is 3.39. The van der Waals surface area contributed by atoms with Crippen LogP contribution in [0.15, 0.2) is 4.99 Å². The van der Waals surface area contributed by atoms with Gasteiger partial charge in [0.25, 0.3) is 0 Å². The van der Waals surface area contributed by atoms with Gasteiger partial charge in [0.2, 0.25) is 0 Å². The van der Waals surface area contributed by atoms with Crippen molar-refractivity contribution < 1.29 is 0 Å². The Morgan fingerprint density at radius 3 is 2.22 bits per heavy atom. The van der Waals surface area contributed by atoms with Crippen LogP contribution in [-0.2, 0) is 0 Å². The molecule has 0 aliphatic heterocycles. The normalized spacial score (nSPS) is 24.6. The predicted molar refractivity (Wildman–Crippen MR) is 90.8 cm³/mol. The molecule has 1 aliphatic carbocycles. The number of halogens is 1. The van der Waals surface area contributed by atoms with E-state index in [0.29, 0.717) is 6.04 Å². The second-order valence-electron chi connectivity index (χ2n) is 5.35. The Morgan fingerprint density at radius 2 is 1.78 bits per heavy atom. The molecule has 0 unspecified atom stereocenters. The topological polar surface area (TPSA) is 36.4 Å². The molecule has 1 aliphatic rings. The first kappa shape index (κ1) is 18.0. The minimum absolute atomic E-state index is 0. The van der Waals surface area contributed by atoms with Crippen LogP contribution >= 0.6 is 24.0 Å². The number of hydrogen-bond acceptors (Lipinski definition) is 1. The van der Waals surface area contributed by atoms with Crippen molar-refractivity contribution in [2.24, 2.45) is 16.8 Å². The second kappa shape index (κ2) is 9.87. The van der Waals surface area contributed by atoms with Gasteiger partial charge in [0.1, 0.15) is 0 Å². The molecule has 0 aromatic rings. The van der Waals surface area contributed by atoms with Crippen LogP contribution < -0.4 is 10.6 Å². The Labute approximate surface area is 130 Å². The zero-order chi connectivity index (χ0) is 12.7. The summed E-state index contributed by atoms with van der Waals surface area (Å²) in [5, 5.41) is 6.86. The largest absolute Gasteiger partial charge is 0.357 e. The molecule has 0 atom stereocenters. The monoisotopic (exact) mass is 367 g/mol. The Hall–Kier alpha value is 0. The zero-order valence-corrected chi connectivity index (χ0v) is 14.7. The highest BCUT2D eigenvalue weighted by Gasteiger charge is 2.23. The fraction of sp³-hybridized carbons (Fsp3) is 0.929. The van der Waals surface area contributed by atoms with Gasteiger partial charge in [-0.25, -0.2) is 0 Å². The number of aliphatic imine (C=N–C) groups is 1. The van der Waals surface area contributed by atoms with Gasteiger partial charge < -0.3 is 10.6 Å². The molecule has 18 heavy (non-hydrogen) atoms. The van der Waals surface area contributed by atoms with E-state index in [1.165, 1.54) is 25.7 Å². The van der Waals surface area contributed by atoms with Crippen molar-refractivity contribution in [2.75, 3.05) is 13.1 Å². The first-order chi connectivity index (χ1) is 8.17. The summed E-state index contributed by atoms with van der Waals surface area (Å²) in [6.45, 7) is 10.7. The van der Waals surface area contributed by atoms with Gasteiger partial charge >= 0.3 is 0 Å². The molecule has 3 nitrogen and oxygen atoms in total. The van der Waals surface area contributed by atoms with Crippen LogP contribution in [0.2, 0.25) is 0 Å². The number of nitrogens with one attached hydrogen (secondary N) is 2. The van der Waals surface area contributed by atoms with Crippen LogP contribution in [0.25, 0.3) is 0 Å². The highest BCUT2D eigenvalue weighted by atomic mass is 127. The molecule has 0 amide bonds. The molecule has 4 heteroatoms. The van der Waals surface area contributed by atoms with E-state index in [9.17, 15) is 0 Å². The van der Waals surface area contributed by atoms with E-state index in [2.05, 4.69) is 43.3 Å². The van der Waals surface area contributed by atoms with Crippen molar-refractivity contribution in [3.63, 3.8) is 0 Å². The molecule has 1 fully saturated rings. The first-order valence-corrected chi connectivity index (χ1v) is 7.22. The third-order valence-corrected chi connectivity index (χ3v) is 3.72. The van der Waals surface area contributed by atoms with E-state index < -0.39 is 0 Å². The zero-order valence-electron chi connectivity index (χ0n) is 12.3. The number of nitrogens with zero attached hydrogens (tertiary/aromatic N) is 1. The standard InChI is InChI=1S/C14H29N3.HI/c1-5-15-14(16-6-2)17-13-9-7-12(8-10-13)11(3)4;/h11-13H,5-10H2,1-4H3,(H2,15,16,17);1H. The molecule has 0 saturated heterocycles. The van der Waals surface area contributed by atoms with Gasteiger partial charge in [0.15, 0.2) is 5.96 Å². The van der Waals surface area contributed by atoms with Crippen LogP contribution in [0.3, 0.4) is 0 Å². The van der Waals surface area contributed by atoms with E-state index in [1.807, 2.05) is 0 Å². The maximum absolute atomic E-state index is 4.46. The summed E-state index contributed by atoms with van der Waals surface area (Å²) in [4.78, 5) is 4.46. The molecule has 2 N–H and O–H groups in total. The Kier molecular flexibility index (Phi) is 9.87. The van der Waals surface area contributed by atoms with Gasteiger partial charge in [-0.3, -0.25) is 4.99 Å². The fourth-order valence-electron chi connectivity index (χ4n) is 2.60. The van der Waals surface area contributed by atoms with Gasteiger partial charge in [0, 0.05) is 19.1 Å². The molecule has 0 bridgehead atoms. The molecule has 0 heterocycles. The van der Waals surface area contributed by atoms with Gasteiger partial charge in [-0.05, 0) is 51.4 Å². The average molecular weight is 367 g/mol. The van der Waals surface area contributed by atoms with E-state index in [1.54, 1.807) is 0 Å². The molecule has 1 rings (SSSR count). The lowest BCUT2D eigenvalue weighted by Crippen LogP contribution is -2.45. The maximum atomic E-state index is 4.46. The Balaban J connectivity index is 0.00000289. The SMILES string of the molecule is CCN=C(NCC)NC1CCC(C(C)C)CC1.I. The van der Waals surface area contributed by atoms with Gasteiger partial charge in [-0.1, -0.05) is 13.8 Å². The summed E-state index contributed by atoms with van der Waals surface area (Å²) < 4.78 is 0. The van der Waals surface area contributed by atoms with E-state index in [0.717, 1.165) is 30.9 Å². The van der Waals surface area contributed by atoms with Gasteiger partial charge in [0.05, 0.1) is 0 Å². The lowest BCUT2D eigenvalue weighted by molar-refractivity contribution is 0.250. The summed E-state index contributed by atoms with van der Waals surface area (Å²) >= 11 is 0. The molecule has 0 aromatic carbocycles. The number of guanidine groups is 1. The van der Waals surface area contributed by atoms with Crippen molar-refractivity contribution in [3.05, 3.63) is 0 Å². The van der Waals surface area contributed by atoms with Gasteiger partial charge in [-0.2, -0.15) is 0 Å². The third kappa shape index (κ3) is 6.25. The summed E-state index contributed by atoms with van der Waals surface area (Å²) in [6, 6.07) is 0.620. The molecular formula is C14H30IN3. The quantitative estimate of drug-likeness (QED) is 0.454. The summed E-state index contributed by atoms with van der Waals surface area (Å²) in [5.41, 5.74) is 0. The van der Waals surface area contributed by atoms with Crippen LogP contribution in [0.5, 0.6) is 0 Å². The minimum atomic E-state index is 0. The molecule has 1 saturated carbocycles. The van der Waals surface area contributed by atoms with E-state index in [-0.39, 0.29) is 24.0 Å². The Bertz CT molecular complexity index is 233. The smallest absolute Gasteiger partial charge is 0.191 e. The summed E-state index contributed by atoms with van der Waals surface area (Å²) in [7, 11) is 0. The maximum Gasteiger partial charge on any atom is 0.191 e. The molecule has 0 spiro atoms. The van der Waals surface area contributed by atoms with Crippen molar-refractivity contribution in [1.29, 1.82) is 0 Å². The van der Waals surface area contributed by atoms with Crippen LogP contribution in [0, 0.1) is 11.8 Å². The van der Waals surface area contributed by atoms with Crippen LogP contribution in [0.1, 0.15) is 53.4 Å². The molecular weight excluding hydrogens is 337 g/mol. The average Bonchev–Trinajstić information content (AvgIpc) is 2.30. The van der Waals surface area contributed by atoms with Crippen molar-refractivity contribution in [2.45, 2.75) is 59.4 Å². The molecule has 0 radical (unpaired) electrons. The van der Waals surface area contributed by atoms with E-state index in [4.69, 9.17) is 0 Å².